The molecule has 2 fully saturated rings. The summed E-state index contributed by atoms with van der Waals surface area (Å²) in [5, 5.41) is 7.35. The van der Waals surface area contributed by atoms with E-state index < -0.39 is 0 Å². The third kappa shape index (κ3) is 5.21. The number of ether oxygens (including phenoxy) is 1. The molecule has 0 radical (unpaired) electrons. The molecule has 1 aromatic heterocycles. The molecule has 0 unspecified atom stereocenters. The summed E-state index contributed by atoms with van der Waals surface area (Å²) >= 11 is 5.98. The lowest BCUT2D eigenvalue weighted by atomic mass is 10.3. The van der Waals surface area contributed by atoms with Crippen LogP contribution in [-0.4, -0.2) is 67.4 Å². The molecule has 150 valence electrons. The molecule has 4 rings (SSSR count). The Morgan fingerprint density at radius 3 is 2.46 bits per heavy atom. The number of nitrogens with one attached hydrogen (secondary N) is 3. The Hall–Kier alpha value is -2.16. The van der Waals surface area contributed by atoms with Gasteiger partial charge in [0.25, 0.3) is 0 Å². The van der Waals surface area contributed by atoms with Gasteiger partial charge in [-0.05, 0) is 37.1 Å². The second kappa shape index (κ2) is 9.36. The van der Waals surface area contributed by atoms with E-state index in [1.807, 2.05) is 24.3 Å². The van der Waals surface area contributed by atoms with Gasteiger partial charge in [-0.1, -0.05) is 11.6 Å². The van der Waals surface area contributed by atoms with Crippen molar-refractivity contribution in [3.63, 3.8) is 0 Å². The molecule has 0 amide bonds. The van der Waals surface area contributed by atoms with Crippen molar-refractivity contribution in [1.82, 2.24) is 15.0 Å². The maximum Gasteiger partial charge on any atom is 0.233 e. The standard InChI is InChI=1S/C19H26ClN7O/c20-15-3-5-16(6-4-15)22-18-23-17(21-7-10-26-11-13-28-14-12-26)24-19(25-18)27-8-1-2-9-27/h3-6H,1-2,7-14H2,(H2,21,22,23,24,25)/p+1. The van der Waals surface area contributed by atoms with Crippen LogP contribution in [0.1, 0.15) is 12.8 Å². The molecule has 3 N–H and O–H groups in total. The lowest BCUT2D eigenvalue weighted by molar-refractivity contribution is -0.906. The highest BCUT2D eigenvalue weighted by atomic mass is 35.5. The van der Waals surface area contributed by atoms with Crippen LogP contribution in [0.3, 0.4) is 0 Å². The van der Waals surface area contributed by atoms with Crippen LogP contribution in [0.2, 0.25) is 5.02 Å². The van der Waals surface area contributed by atoms with Crippen LogP contribution < -0.4 is 20.4 Å². The molecule has 9 heteroatoms. The fraction of sp³-hybridized carbons (Fsp3) is 0.526. The molecule has 0 atom stereocenters. The first-order valence-electron chi connectivity index (χ1n) is 9.95. The first kappa shape index (κ1) is 19.2. The van der Waals surface area contributed by atoms with Crippen molar-refractivity contribution in [2.75, 3.05) is 68.0 Å². The van der Waals surface area contributed by atoms with Gasteiger partial charge in [0, 0.05) is 23.8 Å². The largest absolute Gasteiger partial charge is 0.370 e. The van der Waals surface area contributed by atoms with Crippen LogP contribution in [0, 0.1) is 0 Å². The monoisotopic (exact) mass is 404 g/mol. The van der Waals surface area contributed by atoms with E-state index in [2.05, 4.69) is 30.5 Å². The Morgan fingerprint density at radius 2 is 1.71 bits per heavy atom. The zero-order valence-electron chi connectivity index (χ0n) is 16.0. The lowest BCUT2D eigenvalue weighted by Crippen LogP contribution is -3.14. The second-order valence-corrected chi connectivity index (χ2v) is 7.58. The van der Waals surface area contributed by atoms with E-state index in [-0.39, 0.29) is 0 Å². The van der Waals surface area contributed by atoms with Crippen molar-refractivity contribution < 1.29 is 9.64 Å². The summed E-state index contributed by atoms with van der Waals surface area (Å²) in [5.41, 5.74) is 0.895. The summed E-state index contributed by atoms with van der Waals surface area (Å²) in [6.45, 7) is 7.62. The van der Waals surface area contributed by atoms with E-state index in [0.717, 1.165) is 64.1 Å². The molecule has 0 bridgehead atoms. The van der Waals surface area contributed by atoms with Gasteiger partial charge in [0.2, 0.25) is 17.8 Å². The molecular formula is C19H27ClN7O+. The number of anilines is 4. The van der Waals surface area contributed by atoms with Crippen molar-refractivity contribution in [3.05, 3.63) is 29.3 Å². The fourth-order valence-electron chi connectivity index (χ4n) is 3.48. The normalized spacial score (nSPS) is 17.7. The molecule has 2 aliphatic rings. The van der Waals surface area contributed by atoms with E-state index in [0.29, 0.717) is 16.9 Å². The molecule has 0 aliphatic carbocycles. The Balaban J connectivity index is 1.45. The van der Waals surface area contributed by atoms with Gasteiger partial charge in [-0.15, -0.1) is 0 Å². The van der Waals surface area contributed by atoms with Crippen molar-refractivity contribution >= 4 is 35.1 Å². The van der Waals surface area contributed by atoms with Gasteiger partial charge < -0.3 is 25.2 Å². The summed E-state index contributed by atoms with van der Waals surface area (Å²) in [5.74, 6) is 1.88. The number of nitrogens with zero attached hydrogens (tertiary/aromatic N) is 4. The maximum absolute atomic E-state index is 5.98. The van der Waals surface area contributed by atoms with Crippen molar-refractivity contribution in [1.29, 1.82) is 0 Å². The molecule has 3 heterocycles. The number of aromatic nitrogens is 3. The number of quaternary nitrogens is 1. The van der Waals surface area contributed by atoms with Gasteiger partial charge in [0.15, 0.2) is 0 Å². The van der Waals surface area contributed by atoms with Gasteiger partial charge in [-0.3, -0.25) is 0 Å². The van der Waals surface area contributed by atoms with Crippen LogP contribution in [0.4, 0.5) is 23.5 Å². The molecule has 2 saturated heterocycles. The van der Waals surface area contributed by atoms with Crippen LogP contribution in [0.15, 0.2) is 24.3 Å². The molecule has 28 heavy (non-hydrogen) atoms. The highest BCUT2D eigenvalue weighted by Crippen LogP contribution is 2.21. The SMILES string of the molecule is Clc1ccc(Nc2nc(NCC[NH+]3CCOCC3)nc(N3CCCC3)n2)cc1. The minimum Gasteiger partial charge on any atom is -0.370 e. The quantitative estimate of drug-likeness (QED) is 0.639. The summed E-state index contributed by atoms with van der Waals surface area (Å²) < 4.78 is 5.42. The first-order chi connectivity index (χ1) is 13.8. The number of halogens is 1. The van der Waals surface area contributed by atoms with Crippen LogP contribution in [0.5, 0.6) is 0 Å². The summed E-state index contributed by atoms with van der Waals surface area (Å²) in [6.07, 6.45) is 2.35. The summed E-state index contributed by atoms with van der Waals surface area (Å²) in [7, 11) is 0. The maximum atomic E-state index is 5.98. The molecule has 8 nitrogen and oxygen atoms in total. The fourth-order valence-corrected chi connectivity index (χ4v) is 3.61. The Kier molecular flexibility index (Phi) is 6.41. The number of rotatable bonds is 7. The first-order valence-corrected chi connectivity index (χ1v) is 10.3. The lowest BCUT2D eigenvalue weighted by Gasteiger charge is -2.23. The Labute approximate surface area is 170 Å². The van der Waals surface area contributed by atoms with Crippen molar-refractivity contribution in [2.24, 2.45) is 0 Å². The van der Waals surface area contributed by atoms with Crippen molar-refractivity contribution in [3.8, 4) is 0 Å². The zero-order valence-corrected chi connectivity index (χ0v) is 16.7. The summed E-state index contributed by atoms with van der Waals surface area (Å²) in [6, 6.07) is 7.51. The molecule has 0 spiro atoms. The number of benzene rings is 1. The Bertz CT molecular complexity index is 761. The highest BCUT2D eigenvalue weighted by molar-refractivity contribution is 6.30. The topological polar surface area (TPSA) is 79.6 Å². The molecule has 1 aromatic carbocycles. The average molecular weight is 405 g/mol. The zero-order chi connectivity index (χ0) is 19.2. The minimum atomic E-state index is 0.542. The third-order valence-electron chi connectivity index (χ3n) is 5.07. The number of hydrogen-bond acceptors (Lipinski definition) is 7. The smallest absolute Gasteiger partial charge is 0.233 e. The van der Waals surface area contributed by atoms with E-state index in [9.17, 15) is 0 Å². The predicted molar refractivity (Wildman–Crippen MR) is 111 cm³/mol. The van der Waals surface area contributed by atoms with Gasteiger partial charge in [-0.25, -0.2) is 0 Å². The van der Waals surface area contributed by atoms with Gasteiger partial charge in [0.05, 0.1) is 26.3 Å². The van der Waals surface area contributed by atoms with E-state index in [1.54, 1.807) is 4.90 Å². The minimum absolute atomic E-state index is 0.542. The van der Waals surface area contributed by atoms with E-state index in [1.165, 1.54) is 12.8 Å². The Morgan fingerprint density at radius 1 is 1.00 bits per heavy atom. The molecule has 2 aromatic rings. The molecule has 2 aliphatic heterocycles. The van der Waals surface area contributed by atoms with Crippen LogP contribution in [0.25, 0.3) is 0 Å². The van der Waals surface area contributed by atoms with Crippen LogP contribution >= 0.6 is 11.6 Å². The predicted octanol–water partition coefficient (Wildman–Crippen LogP) is 1.20. The van der Waals surface area contributed by atoms with Gasteiger partial charge in [0.1, 0.15) is 13.1 Å². The second-order valence-electron chi connectivity index (χ2n) is 7.15. The summed E-state index contributed by atoms with van der Waals surface area (Å²) in [4.78, 5) is 17.6. The number of morpholine rings is 1. The highest BCUT2D eigenvalue weighted by Gasteiger charge is 2.18. The van der Waals surface area contributed by atoms with Crippen LogP contribution in [-0.2, 0) is 4.74 Å². The molecular weight excluding hydrogens is 378 g/mol. The van der Waals surface area contributed by atoms with Crippen molar-refractivity contribution in [2.45, 2.75) is 12.8 Å². The number of hydrogen-bond donors (Lipinski definition) is 3. The average Bonchev–Trinajstić information content (AvgIpc) is 3.26. The van der Waals surface area contributed by atoms with E-state index >= 15 is 0 Å². The third-order valence-corrected chi connectivity index (χ3v) is 5.33. The van der Waals surface area contributed by atoms with E-state index in [4.69, 9.17) is 16.3 Å². The molecule has 0 saturated carbocycles. The van der Waals surface area contributed by atoms with Gasteiger partial charge >= 0.3 is 0 Å². The van der Waals surface area contributed by atoms with Gasteiger partial charge in [-0.2, -0.15) is 15.0 Å².